The van der Waals surface area contributed by atoms with Crippen LogP contribution >= 0.6 is 0 Å². The van der Waals surface area contributed by atoms with Gasteiger partial charge in [0.2, 0.25) is 0 Å². The number of carbonyl (C=O) groups excluding carboxylic acids is 1. The summed E-state index contributed by atoms with van der Waals surface area (Å²) in [4.78, 5) is 12.2. The van der Waals surface area contributed by atoms with E-state index in [1.807, 2.05) is 30.3 Å². The highest BCUT2D eigenvalue weighted by atomic mass is 16.5. The Balaban J connectivity index is 1.95. The Morgan fingerprint density at radius 1 is 1.37 bits per heavy atom. The molecule has 0 spiro atoms. The maximum Gasteiger partial charge on any atom is 0.311 e. The van der Waals surface area contributed by atoms with Crippen molar-refractivity contribution in [2.75, 3.05) is 0 Å². The van der Waals surface area contributed by atoms with Crippen molar-refractivity contribution in [3.63, 3.8) is 0 Å². The van der Waals surface area contributed by atoms with E-state index in [9.17, 15) is 4.79 Å². The topological polar surface area (TPSA) is 52.3 Å². The summed E-state index contributed by atoms with van der Waals surface area (Å²) in [6.45, 7) is 2.40. The molecule has 1 aliphatic carbocycles. The lowest BCUT2D eigenvalue weighted by molar-refractivity contribution is -0.154. The normalized spacial score (nSPS) is 26.9. The molecule has 1 aromatic carbocycles. The van der Waals surface area contributed by atoms with Crippen molar-refractivity contribution in [1.29, 1.82) is 0 Å². The van der Waals surface area contributed by atoms with Gasteiger partial charge < -0.3 is 10.5 Å². The molecule has 0 radical (unpaired) electrons. The van der Waals surface area contributed by atoms with Crippen molar-refractivity contribution >= 4 is 5.97 Å². The minimum Gasteiger partial charge on any atom is -0.461 e. The molecule has 0 bridgehead atoms. The Labute approximate surface area is 115 Å². The fourth-order valence-electron chi connectivity index (χ4n) is 2.87. The molecule has 2 N–H and O–H groups in total. The van der Waals surface area contributed by atoms with Crippen molar-refractivity contribution in [3.8, 4) is 0 Å². The number of carbonyl (C=O) groups is 1. The lowest BCUT2D eigenvalue weighted by Gasteiger charge is -2.39. The third-order valence-electron chi connectivity index (χ3n) is 4.25. The maximum atomic E-state index is 12.2. The largest absolute Gasteiger partial charge is 0.461 e. The smallest absolute Gasteiger partial charge is 0.311 e. The predicted molar refractivity (Wildman–Crippen MR) is 75.4 cm³/mol. The summed E-state index contributed by atoms with van der Waals surface area (Å²) >= 11 is 0. The number of hydrogen-bond acceptors (Lipinski definition) is 3. The summed E-state index contributed by atoms with van der Waals surface area (Å²) in [6.07, 6.45) is 4.81. The molecule has 3 nitrogen and oxygen atoms in total. The van der Waals surface area contributed by atoms with Crippen LogP contribution in [0, 0.1) is 5.92 Å². The molecular formula is C16H23NO2. The number of ether oxygens (including phenoxy) is 1. The van der Waals surface area contributed by atoms with E-state index < -0.39 is 0 Å². The summed E-state index contributed by atoms with van der Waals surface area (Å²) in [5.74, 6) is -0.275. The summed E-state index contributed by atoms with van der Waals surface area (Å²) < 4.78 is 5.45. The van der Waals surface area contributed by atoms with E-state index in [-0.39, 0.29) is 17.4 Å². The van der Waals surface area contributed by atoms with Crippen LogP contribution in [0.4, 0.5) is 0 Å². The monoisotopic (exact) mass is 261 g/mol. The molecule has 19 heavy (non-hydrogen) atoms. The van der Waals surface area contributed by atoms with Crippen molar-refractivity contribution in [2.24, 2.45) is 11.7 Å². The molecular weight excluding hydrogens is 238 g/mol. The van der Waals surface area contributed by atoms with Gasteiger partial charge in [-0.05, 0) is 24.8 Å². The molecule has 2 atom stereocenters. The Kier molecular flexibility index (Phi) is 4.59. The zero-order chi connectivity index (χ0) is 13.7. The van der Waals surface area contributed by atoms with Gasteiger partial charge in [0.25, 0.3) is 0 Å². The average Bonchev–Trinajstić information content (AvgIpc) is 2.46. The SMILES string of the molecule is CC[C@@]1(N)CCCC[C@@H]1C(=O)OCc1ccccc1. The first kappa shape index (κ1) is 14.1. The number of nitrogens with two attached hydrogens (primary N) is 1. The van der Waals surface area contributed by atoms with Gasteiger partial charge in [-0.3, -0.25) is 4.79 Å². The van der Waals surface area contributed by atoms with Gasteiger partial charge in [0, 0.05) is 5.54 Å². The van der Waals surface area contributed by atoms with Crippen molar-refractivity contribution in [3.05, 3.63) is 35.9 Å². The standard InChI is InChI=1S/C16H23NO2/c1-2-16(17)11-7-6-10-14(16)15(18)19-12-13-8-4-3-5-9-13/h3-5,8-9,14H,2,6-7,10-12,17H2,1H3/t14-,16-/m1/s1. The van der Waals surface area contributed by atoms with Crippen LogP contribution in [-0.2, 0) is 16.1 Å². The highest BCUT2D eigenvalue weighted by Crippen LogP contribution is 2.35. The van der Waals surface area contributed by atoms with Crippen LogP contribution in [0.3, 0.4) is 0 Å². The summed E-state index contributed by atoms with van der Waals surface area (Å²) in [5.41, 5.74) is 7.02. The molecule has 0 aliphatic heterocycles. The Bertz CT molecular complexity index is 418. The van der Waals surface area contributed by atoms with Gasteiger partial charge in [-0.15, -0.1) is 0 Å². The molecule has 0 aromatic heterocycles. The van der Waals surface area contributed by atoms with Gasteiger partial charge in [-0.25, -0.2) is 0 Å². The number of benzene rings is 1. The second kappa shape index (κ2) is 6.20. The number of rotatable bonds is 4. The van der Waals surface area contributed by atoms with E-state index >= 15 is 0 Å². The molecule has 1 saturated carbocycles. The van der Waals surface area contributed by atoms with Crippen LogP contribution in [0.15, 0.2) is 30.3 Å². The van der Waals surface area contributed by atoms with Gasteiger partial charge in [0.1, 0.15) is 6.61 Å². The van der Waals surface area contributed by atoms with E-state index in [0.717, 1.165) is 37.7 Å². The average molecular weight is 261 g/mol. The highest BCUT2D eigenvalue weighted by Gasteiger charge is 2.41. The van der Waals surface area contributed by atoms with Gasteiger partial charge in [-0.2, -0.15) is 0 Å². The van der Waals surface area contributed by atoms with Crippen LogP contribution < -0.4 is 5.73 Å². The first-order valence-electron chi connectivity index (χ1n) is 7.15. The minimum absolute atomic E-state index is 0.132. The van der Waals surface area contributed by atoms with Crippen LogP contribution in [0.1, 0.15) is 44.6 Å². The minimum atomic E-state index is -0.369. The van der Waals surface area contributed by atoms with E-state index in [0.29, 0.717) is 6.61 Å². The quantitative estimate of drug-likeness (QED) is 0.848. The fourth-order valence-corrected chi connectivity index (χ4v) is 2.87. The van der Waals surface area contributed by atoms with Gasteiger partial charge in [-0.1, -0.05) is 50.1 Å². The first-order chi connectivity index (χ1) is 9.15. The predicted octanol–water partition coefficient (Wildman–Crippen LogP) is 3.03. The molecule has 104 valence electrons. The fraction of sp³-hybridized carbons (Fsp3) is 0.562. The van der Waals surface area contributed by atoms with E-state index in [1.54, 1.807) is 0 Å². The zero-order valence-electron chi connectivity index (χ0n) is 11.6. The van der Waals surface area contributed by atoms with Crippen LogP contribution in [0.2, 0.25) is 0 Å². The van der Waals surface area contributed by atoms with Crippen molar-refractivity contribution in [2.45, 2.75) is 51.2 Å². The molecule has 0 unspecified atom stereocenters. The van der Waals surface area contributed by atoms with E-state index in [4.69, 9.17) is 10.5 Å². The molecule has 2 rings (SSSR count). The van der Waals surface area contributed by atoms with Gasteiger partial charge >= 0.3 is 5.97 Å². The molecule has 1 fully saturated rings. The van der Waals surface area contributed by atoms with Crippen molar-refractivity contribution < 1.29 is 9.53 Å². The first-order valence-corrected chi connectivity index (χ1v) is 7.15. The van der Waals surface area contributed by atoms with Crippen LogP contribution in [-0.4, -0.2) is 11.5 Å². The van der Waals surface area contributed by atoms with Gasteiger partial charge in [0.05, 0.1) is 5.92 Å². The lowest BCUT2D eigenvalue weighted by atomic mass is 9.72. The zero-order valence-corrected chi connectivity index (χ0v) is 11.6. The Morgan fingerprint density at radius 3 is 2.79 bits per heavy atom. The number of hydrogen-bond donors (Lipinski definition) is 1. The third-order valence-corrected chi connectivity index (χ3v) is 4.25. The van der Waals surface area contributed by atoms with Crippen LogP contribution in [0.5, 0.6) is 0 Å². The highest BCUT2D eigenvalue weighted by molar-refractivity contribution is 5.74. The molecule has 1 aliphatic rings. The Morgan fingerprint density at radius 2 is 2.11 bits per heavy atom. The summed E-state index contributed by atoms with van der Waals surface area (Å²) in [7, 11) is 0. The number of esters is 1. The Hall–Kier alpha value is -1.35. The molecule has 3 heteroatoms. The molecule has 1 aromatic rings. The molecule has 0 saturated heterocycles. The second-order valence-electron chi connectivity index (χ2n) is 5.48. The molecule has 0 heterocycles. The van der Waals surface area contributed by atoms with E-state index in [2.05, 4.69) is 6.92 Å². The molecule has 0 amide bonds. The van der Waals surface area contributed by atoms with E-state index in [1.165, 1.54) is 0 Å². The van der Waals surface area contributed by atoms with Crippen molar-refractivity contribution in [1.82, 2.24) is 0 Å². The maximum absolute atomic E-state index is 12.2. The van der Waals surface area contributed by atoms with Gasteiger partial charge in [0.15, 0.2) is 0 Å². The lowest BCUT2D eigenvalue weighted by Crippen LogP contribution is -2.52. The summed E-state index contributed by atoms with van der Waals surface area (Å²) in [6, 6.07) is 9.77. The van der Waals surface area contributed by atoms with Crippen LogP contribution in [0.25, 0.3) is 0 Å². The summed E-state index contributed by atoms with van der Waals surface area (Å²) in [5, 5.41) is 0. The third kappa shape index (κ3) is 3.35. The second-order valence-corrected chi connectivity index (χ2v) is 5.48.